The summed E-state index contributed by atoms with van der Waals surface area (Å²) < 4.78 is 13.4. The minimum atomic E-state index is -1.25. The van der Waals surface area contributed by atoms with Gasteiger partial charge in [0.25, 0.3) is 5.91 Å². The van der Waals surface area contributed by atoms with Crippen LogP contribution in [0.15, 0.2) is 22.7 Å². The van der Waals surface area contributed by atoms with Crippen molar-refractivity contribution >= 4 is 27.8 Å². The number of halogens is 2. The van der Waals surface area contributed by atoms with Crippen LogP contribution < -0.4 is 5.32 Å². The van der Waals surface area contributed by atoms with Gasteiger partial charge in [-0.2, -0.15) is 0 Å². The van der Waals surface area contributed by atoms with Crippen LogP contribution in [0.5, 0.6) is 0 Å². The van der Waals surface area contributed by atoms with Crippen molar-refractivity contribution in [3.05, 3.63) is 34.1 Å². The zero-order valence-corrected chi connectivity index (χ0v) is 10.8. The van der Waals surface area contributed by atoms with Gasteiger partial charge in [0, 0.05) is 18.6 Å². The number of amides is 1. The number of benzene rings is 1. The van der Waals surface area contributed by atoms with Gasteiger partial charge >= 0.3 is 5.97 Å². The SMILES string of the molecule is O=C(NC(CCO)C(=O)O)c1ccc(Br)c(F)c1. The van der Waals surface area contributed by atoms with Crippen LogP contribution in [0.25, 0.3) is 0 Å². The second kappa shape index (κ2) is 6.46. The number of hydrogen-bond acceptors (Lipinski definition) is 3. The highest BCUT2D eigenvalue weighted by molar-refractivity contribution is 9.10. The highest BCUT2D eigenvalue weighted by Gasteiger charge is 2.20. The molecule has 3 N–H and O–H groups in total. The van der Waals surface area contributed by atoms with Gasteiger partial charge in [-0.3, -0.25) is 4.79 Å². The van der Waals surface area contributed by atoms with Gasteiger partial charge in [0.1, 0.15) is 11.9 Å². The third-order valence-corrected chi connectivity index (χ3v) is 2.85. The molecule has 98 valence electrons. The molecule has 0 aliphatic heterocycles. The molecular weight excluding hydrogens is 309 g/mol. The Morgan fingerprint density at radius 1 is 1.44 bits per heavy atom. The molecule has 0 saturated carbocycles. The smallest absolute Gasteiger partial charge is 0.326 e. The average Bonchev–Trinajstić information content (AvgIpc) is 2.31. The molecule has 1 aromatic carbocycles. The lowest BCUT2D eigenvalue weighted by atomic mass is 10.1. The number of hydrogen-bond donors (Lipinski definition) is 3. The number of carbonyl (C=O) groups is 2. The first-order valence-electron chi connectivity index (χ1n) is 5.05. The van der Waals surface area contributed by atoms with E-state index in [0.717, 1.165) is 6.07 Å². The van der Waals surface area contributed by atoms with Crippen molar-refractivity contribution < 1.29 is 24.2 Å². The molecule has 1 aromatic rings. The van der Waals surface area contributed by atoms with Crippen LogP contribution in [0.4, 0.5) is 4.39 Å². The Morgan fingerprint density at radius 2 is 2.11 bits per heavy atom. The van der Waals surface area contributed by atoms with Crippen LogP contribution in [0.2, 0.25) is 0 Å². The van der Waals surface area contributed by atoms with E-state index in [4.69, 9.17) is 10.2 Å². The molecule has 0 radical (unpaired) electrons. The summed E-state index contributed by atoms with van der Waals surface area (Å²) >= 11 is 2.94. The van der Waals surface area contributed by atoms with Crippen LogP contribution in [0, 0.1) is 5.82 Å². The Balaban J connectivity index is 2.80. The van der Waals surface area contributed by atoms with E-state index in [9.17, 15) is 14.0 Å². The van der Waals surface area contributed by atoms with Gasteiger partial charge < -0.3 is 15.5 Å². The molecule has 0 fully saturated rings. The minimum Gasteiger partial charge on any atom is -0.480 e. The lowest BCUT2D eigenvalue weighted by Crippen LogP contribution is -2.41. The van der Waals surface area contributed by atoms with E-state index in [1.54, 1.807) is 0 Å². The average molecular weight is 320 g/mol. The molecule has 0 spiro atoms. The lowest BCUT2D eigenvalue weighted by molar-refractivity contribution is -0.139. The van der Waals surface area contributed by atoms with Crippen molar-refractivity contribution in [1.29, 1.82) is 0 Å². The number of aliphatic hydroxyl groups is 1. The van der Waals surface area contributed by atoms with E-state index in [1.165, 1.54) is 12.1 Å². The van der Waals surface area contributed by atoms with Gasteiger partial charge in [-0.1, -0.05) is 0 Å². The summed E-state index contributed by atoms with van der Waals surface area (Å²) in [6, 6.07) is 2.51. The Kier molecular flexibility index (Phi) is 5.24. The second-order valence-electron chi connectivity index (χ2n) is 3.51. The molecule has 1 atom stereocenters. The largest absolute Gasteiger partial charge is 0.480 e. The summed E-state index contributed by atoms with van der Waals surface area (Å²) in [6.07, 6.45) is -0.111. The second-order valence-corrected chi connectivity index (χ2v) is 4.36. The first-order valence-corrected chi connectivity index (χ1v) is 5.84. The van der Waals surface area contributed by atoms with Crippen molar-refractivity contribution in [1.82, 2.24) is 5.32 Å². The monoisotopic (exact) mass is 319 g/mol. The Labute approximate surface area is 111 Å². The Morgan fingerprint density at radius 3 is 2.61 bits per heavy atom. The number of rotatable bonds is 5. The fourth-order valence-electron chi connectivity index (χ4n) is 1.27. The van der Waals surface area contributed by atoms with Crippen LogP contribution in [0.1, 0.15) is 16.8 Å². The Hall–Kier alpha value is -1.47. The van der Waals surface area contributed by atoms with Crippen LogP contribution in [0.3, 0.4) is 0 Å². The van der Waals surface area contributed by atoms with Crippen molar-refractivity contribution in [3.8, 4) is 0 Å². The van der Waals surface area contributed by atoms with E-state index in [2.05, 4.69) is 21.2 Å². The molecule has 0 aromatic heterocycles. The number of aliphatic hydroxyl groups excluding tert-OH is 1. The quantitative estimate of drug-likeness (QED) is 0.760. The van der Waals surface area contributed by atoms with Gasteiger partial charge in [-0.15, -0.1) is 0 Å². The first-order chi connectivity index (χ1) is 8.45. The predicted octanol–water partition coefficient (Wildman–Crippen LogP) is 1.15. The molecule has 0 aliphatic carbocycles. The van der Waals surface area contributed by atoms with Crippen LogP contribution in [-0.2, 0) is 4.79 Å². The van der Waals surface area contributed by atoms with Crippen molar-refractivity contribution in [2.75, 3.05) is 6.61 Å². The summed E-state index contributed by atoms with van der Waals surface area (Å²) in [4.78, 5) is 22.4. The van der Waals surface area contributed by atoms with Gasteiger partial charge in [-0.25, -0.2) is 9.18 Å². The van der Waals surface area contributed by atoms with Gasteiger partial charge in [0.15, 0.2) is 0 Å². The highest BCUT2D eigenvalue weighted by atomic mass is 79.9. The van der Waals surface area contributed by atoms with E-state index in [0.29, 0.717) is 0 Å². The molecule has 7 heteroatoms. The normalized spacial score (nSPS) is 11.9. The molecule has 0 aliphatic rings. The predicted molar refractivity (Wildman–Crippen MR) is 64.7 cm³/mol. The molecule has 0 bridgehead atoms. The molecule has 0 heterocycles. The molecular formula is C11H11BrFNO4. The van der Waals surface area contributed by atoms with E-state index < -0.39 is 23.7 Å². The van der Waals surface area contributed by atoms with Gasteiger partial charge in [0.05, 0.1) is 4.47 Å². The molecule has 1 rings (SSSR count). The highest BCUT2D eigenvalue weighted by Crippen LogP contribution is 2.16. The van der Waals surface area contributed by atoms with E-state index >= 15 is 0 Å². The fraction of sp³-hybridized carbons (Fsp3) is 0.273. The number of carboxylic acids is 1. The summed E-state index contributed by atoms with van der Waals surface area (Å²) in [5.41, 5.74) is 0.0138. The number of carboxylic acid groups (broad SMARTS) is 1. The third kappa shape index (κ3) is 3.78. The summed E-state index contributed by atoms with van der Waals surface area (Å²) in [7, 11) is 0. The molecule has 1 unspecified atom stereocenters. The van der Waals surface area contributed by atoms with Crippen molar-refractivity contribution in [2.24, 2.45) is 0 Å². The van der Waals surface area contributed by atoms with E-state index in [1.807, 2.05) is 0 Å². The summed E-state index contributed by atoms with van der Waals surface area (Å²) in [5, 5.41) is 19.7. The molecule has 18 heavy (non-hydrogen) atoms. The summed E-state index contributed by atoms with van der Waals surface area (Å²) in [5.74, 6) is -2.58. The maximum Gasteiger partial charge on any atom is 0.326 e. The van der Waals surface area contributed by atoms with Crippen molar-refractivity contribution in [2.45, 2.75) is 12.5 Å². The standard InChI is InChI=1S/C11H11BrFNO4/c12-7-2-1-6(5-8(7)13)10(16)14-9(3-4-15)11(17)18/h1-2,5,9,15H,3-4H2,(H,14,16)(H,17,18). The van der Waals surface area contributed by atoms with Gasteiger partial charge in [0.2, 0.25) is 0 Å². The number of aliphatic carboxylic acids is 1. The first kappa shape index (κ1) is 14.6. The molecule has 5 nitrogen and oxygen atoms in total. The maximum absolute atomic E-state index is 13.2. The number of nitrogens with one attached hydrogen (secondary N) is 1. The minimum absolute atomic E-state index is 0.0138. The number of carbonyl (C=O) groups excluding carboxylic acids is 1. The fourth-order valence-corrected chi connectivity index (χ4v) is 1.51. The molecule has 1 amide bonds. The zero-order chi connectivity index (χ0) is 13.7. The molecule has 0 saturated heterocycles. The third-order valence-electron chi connectivity index (χ3n) is 2.20. The summed E-state index contributed by atoms with van der Waals surface area (Å²) in [6.45, 7) is -0.369. The van der Waals surface area contributed by atoms with Crippen LogP contribution >= 0.6 is 15.9 Å². The maximum atomic E-state index is 13.2. The van der Waals surface area contributed by atoms with Crippen molar-refractivity contribution in [3.63, 3.8) is 0 Å². The van der Waals surface area contributed by atoms with Crippen LogP contribution in [-0.4, -0.2) is 34.7 Å². The van der Waals surface area contributed by atoms with Gasteiger partial charge in [-0.05, 0) is 34.1 Å². The topological polar surface area (TPSA) is 86.6 Å². The lowest BCUT2D eigenvalue weighted by Gasteiger charge is -2.13. The zero-order valence-electron chi connectivity index (χ0n) is 9.19. The van der Waals surface area contributed by atoms with E-state index in [-0.39, 0.29) is 23.1 Å². The Bertz CT molecular complexity index is 466.